The second-order valence-corrected chi connectivity index (χ2v) is 5.55. The molecule has 0 aromatic carbocycles. The van der Waals surface area contributed by atoms with E-state index in [0.717, 1.165) is 6.42 Å². The topological polar surface area (TPSA) is 20.2 Å². The van der Waals surface area contributed by atoms with E-state index in [1.54, 1.807) is 0 Å². The van der Waals surface area contributed by atoms with Crippen molar-refractivity contribution in [2.24, 2.45) is 11.3 Å². The van der Waals surface area contributed by atoms with Gasteiger partial charge < -0.3 is 5.11 Å². The standard InChI is InChI=1S/C12H22O/c1-3-4-10-9-12(7-8-12)6-5-11(10,2)13/h10,13H,3-9H2,1-2H3. The molecule has 2 unspecified atom stereocenters. The fraction of sp³-hybridized carbons (Fsp3) is 1.00. The van der Waals surface area contributed by atoms with Gasteiger partial charge in [-0.25, -0.2) is 0 Å². The first-order valence-corrected chi connectivity index (χ1v) is 5.80. The second kappa shape index (κ2) is 2.98. The van der Waals surface area contributed by atoms with Gasteiger partial charge >= 0.3 is 0 Å². The van der Waals surface area contributed by atoms with E-state index in [0.29, 0.717) is 11.3 Å². The molecule has 1 heteroatoms. The maximum absolute atomic E-state index is 10.2. The zero-order valence-corrected chi connectivity index (χ0v) is 8.97. The molecule has 0 radical (unpaired) electrons. The first-order chi connectivity index (χ1) is 6.08. The summed E-state index contributed by atoms with van der Waals surface area (Å²) in [6, 6.07) is 0. The van der Waals surface area contributed by atoms with E-state index >= 15 is 0 Å². The van der Waals surface area contributed by atoms with Crippen LogP contribution >= 0.6 is 0 Å². The van der Waals surface area contributed by atoms with Crippen LogP contribution in [0.3, 0.4) is 0 Å². The normalized spacial score (nSPS) is 42.2. The highest BCUT2D eigenvalue weighted by molar-refractivity contribution is 5.02. The molecule has 2 rings (SSSR count). The van der Waals surface area contributed by atoms with E-state index in [1.807, 2.05) is 6.92 Å². The minimum Gasteiger partial charge on any atom is -0.390 e. The van der Waals surface area contributed by atoms with Crippen molar-refractivity contribution in [2.45, 2.75) is 64.4 Å². The molecule has 2 aliphatic rings. The predicted molar refractivity (Wildman–Crippen MR) is 54.5 cm³/mol. The van der Waals surface area contributed by atoms with Gasteiger partial charge in [0.25, 0.3) is 0 Å². The van der Waals surface area contributed by atoms with Crippen LogP contribution < -0.4 is 0 Å². The Morgan fingerprint density at radius 2 is 1.85 bits per heavy atom. The van der Waals surface area contributed by atoms with Crippen LogP contribution in [0.15, 0.2) is 0 Å². The summed E-state index contributed by atoms with van der Waals surface area (Å²) in [5, 5.41) is 10.2. The molecule has 0 aromatic heterocycles. The molecule has 1 nitrogen and oxygen atoms in total. The van der Waals surface area contributed by atoms with Gasteiger partial charge in [0.1, 0.15) is 0 Å². The van der Waals surface area contributed by atoms with Gasteiger partial charge in [-0.1, -0.05) is 13.3 Å². The Labute approximate surface area is 81.5 Å². The number of aliphatic hydroxyl groups is 1. The van der Waals surface area contributed by atoms with E-state index in [9.17, 15) is 5.11 Å². The fourth-order valence-corrected chi connectivity index (χ4v) is 2.96. The monoisotopic (exact) mass is 182 g/mol. The summed E-state index contributed by atoms with van der Waals surface area (Å²) in [4.78, 5) is 0. The highest BCUT2D eigenvalue weighted by Gasteiger charge is 2.51. The van der Waals surface area contributed by atoms with Gasteiger partial charge in [-0.3, -0.25) is 0 Å². The van der Waals surface area contributed by atoms with Crippen LogP contribution in [-0.4, -0.2) is 10.7 Å². The molecule has 0 amide bonds. The first-order valence-electron chi connectivity index (χ1n) is 5.80. The van der Waals surface area contributed by atoms with Crippen molar-refractivity contribution in [1.82, 2.24) is 0 Å². The average Bonchev–Trinajstić information content (AvgIpc) is 2.80. The summed E-state index contributed by atoms with van der Waals surface area (Å²) in [6.07, 6.45) is 8.92. The summed E-state index contributed by atoms with van der Waals surface area (Å²) >= 11 is 0. The molecule has 2 saturated carbocycles. The molecule has 2 atom stereocenters. The van der Waals surface area contributed by atoms with Gasteiger partial charge in [-0.2, -0.15) is 0 Å². The average molecular weight is 182 g/mol. The lowest BCUT2D eigenvalue weighted by molar-refractivity contribution is -0.0545. The highest BCUT2D eigenvalue weighted by Crippen LogP contribution is 2.60. The van der Waals surface area contributed by atoms with Crippen LogP contribution in [0.2, 0.25) is 0 Å². The van der Waals surface area contributed by atoms with Crippen LogP contribution in [0.5, 0.6) is 0 Å². The molecule has 1 spiro atoms. The molecule has 2 fully saturated rings. The lowest BCUT2D eigenvalue weighted by Crippen LogP contribution is -2.40. The Balaban J connectivity index is 2.01. The maximum Gasteiger partial charge on any atom is 0.0648 e. The van der Waals surface area contributed by atoms with E-state index in [2.05, 4.69) is 6.92 Å². The van der Waals surface area contributed by atoms with Crippen molar-refractivity contribution in [3.05, 3.63) is 0 Å². The van der Waals surface area contributed by atoms with Gasteiger partial charge in [-0.15, -0.1) is 0 Å². The third-order valence-electron chi connectivity index (χ3n) is 4.31. The Bertz CT molecular complexity index is 191. The van der Waals surface area contributed by atoms with Crippen molar-refractivity contribution in [3.63, 3.8) is 0 Å². The van der Waals surface area contributed by atoms with Crippen molar-refractivity contribution in [2.75, 3.05) is 0 Å². The Morgan fingerprint density at radius 3 is 2.38 bits per heavy atom. The van der Waals surface area contributed by atoms with E-state index in [4.69, 9.17) is 0 Å². The number of rotatable bonds is 2. The first kappa shape index (κ1) is 9.51. The smallest absolute Gasteiger partial charge is 0.0648 e. The molecule has 1 N–H and O–H groups in total. The molecular formula is C12H22O. The van der Waals surface area contributed by atoms with Crippen molar-refractivity contribution in [3.8, 4) is 0 Å². The van der Waals surface area contributed by atoms with Gasteiger partial charge in [0.05, 0.1) is 5.60 Å². The largest absolute Gasteiger partial charge is 0.390 e. The molecule has 0 aliphatic heterocycles. The Kier molecular flexibility index (Phi) is 2.18. The molecule has 0 heterocycles. The molecule has 0 aromatic rings. The van der Waals surface area contributed by atoms with E-state index in [-0.39, 0.29) is 5.60 Å². The minimum absolute atomic E-state index is 0.357. The molecule has 13 heavy (non-hydrogen) atoms. The summed E-state index contributed by atoms with van der Waals surface area (Å²) in [5.41, 5.74) is 0.339. The molecular weight excluding hydrogens is 160 g/mol. The second-order valence-electron chi connectivity index (χ2n) is 5.55. The third-order valence-corrected chi connectivity index (χ3v) is 4.31. The molecule has 76 valence electrons. The quantitative estimate of drug-likeness (QED) is 0.695. The van der Waals surface area contributed by atoms with Crippen LogP contribution in [0, 0.1) is 11.3 Å². The van der Waals surface area contributed by atoms with Crippen LogP contribution in [0.4, 0.5) is 0 Å². The SMILES string of the molecule is CCCC1CC2(CC2)CCC1(C)O. The lowest BCUT2D eigenvalue weighted by atomic mass is 9.68. The van der Waals surface area contributed by atoms with Crippen LogP contribution in [0.25, 0.3) is 0 Å². The van der Waals surface area contributed by atoms with Gasteiger partial charge in [0.15, 0.2) is 0 Å². The van der Waals surface area contributed by atoms with Gasteiger partial charge in [-0.05, 0) is 56.8 Å². The van der Waals surface area contributed by atoms with E-state index < -0.39 is 0 Å². The molecule has 0 saturated heterocycles. The number of hydrogen-bond donors (Lipinski definition) is 1. The molecule has 2 aliphatic carbocycles. The van der Waals surface area contributed by atoms with Crippen LogP contribution in [-0.2, 0) is 0 Å². The summed E-state index contributed by atoms with van der Waals surface area (Å²) in [7, 11) is 0. The maximum atomic E-state index is 10.2. The fourth-order valence-electron chi connectivity index (χ4n) is 2.96. The summed E-state index contributed by atoms with van der Waals surface area (Å²) in [5.74, 6) is 0.578. The summed E-state index contributed by atoms with van der Waals surface area (Å²) in [6.45, 7) is 4.27. The lowest BCUT2D eigenvalue weighted by Gasteiger charge is -2.41. The molecule has 0 bridgehead atoms. The summed E-state index contributed by atoms with van der Waals surface area (Å²) < 4.78 is 0. The van der Waals surface area contributed by atoms with Gasteiger partial charge in [0, 0.05) is 0 Å². The predicted octanol–water partition coefficient (Wildman–Crippen LogP) is 3.12. The van der Waals surface area contributed by atoms with Gasteiger partial charge in [0.2, 0.25) is 0 Å². The van der Waals surface area contributed by atoms with Crippen molar-refractivity contribution in [1.29, 1.82) is 0 Å². The zero-order chi connectivity index (χ0) is 9.53. The minimum atomic E-state index is -0.357. The van der Waals surface area contributed by atoms with Crippen molar-refractivity contribution < 1.29 is 5.11 Å². The third kappa shape index (κ3) is 1.76. The number of hydrogen-bond acceptors (Lipinski definition) is 1. The zero-order valence-electron chi connectivity index (χ0n) is 8.97. The Hall–Kier alpha value is -0.0400. The van der Waals surface area contributed by atoms with Crippen LogP contribution in [0.1, 0.15) is 58.8 Å². The highest BCUT2D eigenvalue weighted by atomic mass is 16.3. The van der Waals surface area contributed by atoms with Crippen molar-refractivity contribution >= 4 is 0 Å². The van der Waals surface area contributed by atoms with E-state index in [1.165, 1.54) is 38.5 Å². The Morgan fingerprint density at radius 1 is 1.23 bits per heavy atom.